The fraction of sp³-hybridized carbons (Fsp3) is 0.211. The number of fused-ring (bicyclic) bond motifs is 1. The van der Waals surface area contributed by atoms with E-state index in [4.69, 9.17) is 27.6 Å². The molecule has 0 aliphatic carbocycles. The van der Waals surface area contributed by atoms with Gasteiger partial charge in [-0.1, -0.05) is 28.9 Å². The number of nitrogen functional groups attached to an aromatic ring is 2. The second kappa shape index (κ2) is 17.6. The van der Waals surface area contributed by atoms with Crippen molar-refractivity contribution >= 4 is 62.3 Å². The minimum atomic E-state index is -0.528. The van der Waals surface area contributed by atoms with Crippen LogP contribution in [0.25, 0.3) is 22.4 Å². The first-order valence-corrected chi connectivity index (χ1v) is 16.8. The van der Waals surface area contributed by atoms with Crippen molar-refractivity contribution in [1.82, 2.24) is 15.1 Å². The monoisotopic (exact) mass is 833 g/mol. The summed E-state index contributed by atoms with van der Waals surface area (Å²) in [7, 11) is 0. The van der Waals surface area contributed by atoms with Crippen LogP contribution < -0.4 is 11.5 Å². The Morgan fingerprint density at radius 3 is 1.80 bits per heavy atom. The fourth-order valence-electron chi connectivity index (χ4n) is 4.68. The van der Waals surface area contributed by atoms with Crippen LogP contribution >= 0.6 is 34.2 Å². The van der Waals surface area contributed by atoms with E-state index < -0.39 is 11.6 Å². The van der Waals surface area contributed by atoms with Gasteiger partial charge in [0.25, 0.3) is 5.89 Å². The maximum atomic E-state index is 14.0. The zero-order valence-electron chi connectivity index (χ0n) is 29.3. The van der Waals surface area contributed by atoms with E-state index in [1.165, 1.54) is 31.2 Å². The van der Waals surface area contributed by atoms with Gasteiger partial charge in [0, 0.05) is 14.5 Å². The molecule has 0 spiro atoms. The lowest BCUT2D eigenvalue weighted by Gasteiger charge is -2.09. The molecule has 0 aliphatic rings. The Morgan fingerprint density at radius 1 is 0.725 bits per heavy atom. The van der Waals surface area contributed by atoms with E-state index in [2.05, 4.69) is 15.1 Å². The van der Waals surface area contributed by atoms with Crippen LogP contribution in [0.5, 0.6) is 0 Å². The molecule has 2 aromatic heterocycles. The number of Topliss-reactive ketones (excluding diaryl/α,β-unsaturated/α-hetero) is 1. The third kappa shape index (κ3) is 10.7. The number of carbonyl (C=O) groups excluding carboxylic acids is 1. The van der Waals surface area contributed by atoms with Gasteiger partial charge in [-0.25, -0.2) is 22.5 Å². The summed E-state index contributed by atoms with van der Waals surface area (Å²) >= 11 is 8.17. The van der Waals surface area contributed by atoms with Crippen LogP contribution in [0, 0.1) is 75.3 Å². The molecule has 0 amide bonds. The predicted octanol–water partition coefficient (Wildman–Crippen LogP) is 10.7. The lowest BCUT2D eigenvalue weighted by atomic mass is 10.0. The number of rotatable bonds is 2. The molecule has 0 saturated carbocycles. The number of hydrogen-bond donors (Lipinski definition) is 2. The summed E-state index contributed by atoms with van der Waals surface area (Å²) in [6.07, 6.45) is 0. The first-order chi connectivity index (χ1) is 23.8. The quantitative estimate of drug-likeness (QED) is 0.0586. The summed E-state index contributed by atoms with van der Waals surface area (Å²) in [6, 6.07) is 14.7. The second-order valence-corrected chi connectivity index (χ2v) is 13.4. The van der Waals surface area contributed by atoms with Gasteiger partial charge in [-0.2, -0.15) is 4.98 Å². The SMILES string of the molecule is CC(=O)c1cc(C)cc(F)c1N.Cc1cc(F)c(N)c(I)c1.Cc1cc(F)c2nc(Cl)c(-c3nc(C)no3)c(C)c2c1.Cc1ccc(C)c(F)c1. The van der Waals surface area contributed by atoms with E-state index in [9.17, 15) is 22.4 Å². The summed E-state index contributed by atoms with van der Waals surface area (Å²) < 4.78 is 58.1. The highest BCUT2D eigenvalue weighted by Gasteiger charge is 2.19. The molecule has 51 heavy (non-hydrogen) atoms. The zero-order chi connectivity index (χ0) is 38.3. The predicted molar refractivity (Wildman–Crippen MR) is 204 cm³/mol. The Kier molecular flexibility index (Phi) is 14.1. The number of hydrogen-bond acceptors (Lipinski definition) is 7. The van der Waals surface area contributed by atoms with Crippen molar-refractivity contribution in [3.63, 3.8) is 0 Å². The number of pyridine rings is 1. The van der Waals surface area contributed by atoms with Gasteiger partial charge >= 0.3 is 0 Å². The highest BCUT2D eigenvalue weighted by molar-refractivity contribution is 14.1. The maximum absolute atomic E-state index is 14.0. The van der Waals surface area contributed by atoms with Gasteiger partial charge in [0.05, 0.1) is 16.9 Å². The molecular formula is C38H37ClF4IN5O2. The van der Waals surface area contributed by atoms with E-state index in [0.29, 0.717) is 33.8 Å². The molecule has 2 heterocycles. The highest BCUT2D eigenvalue weighted by Crippen LogP contribution is 2.34. The number of ketones is 1. The number of aromatic nitrogens is 3. The van der Waals surface area contributed by atoms with Crippen molar-refractivity contribution in [3.05, 3.63) is 131 Å². The Hall–Kier alpha value is -4.56. The van der Waals surface area contributed by atoms with Gasteiger partial charge < -0.3 is 16.0 Å². The lowest BCUT2D eigenvalue weighted by molar-refractivity contribution is 0.101. The van der Waals surface area contributed by atoms with Gasteiger partial charge in [0.15, 0.2) is 11.6 Å². The van der Waals surface area contributed by atoms with Crippen molar-refractivity contribution in [2.45, 2.75) is 55.4 Å². The minimum Gasteiger partial charge on any atom is -0.396 e. The molecule has 0 saturated heterocycles. The number of halogens is 6. The molecule has 7 nitrogen and oxygen atoms in total. The third-order valence-electron chi connectivity index (χ3n) is 7.35. The number of nitrogens with two attached hydrogens (primary N) is 2. The van der Waals surface area contributed by atoms with Crippen LogP contribution in [0.3, 0.4) is 0 Å². The largest absolute Gasteiger partial charge is 0.396 e. The van der Waals surface area contributed by atoms with Crippen molar-refractivity contribution in [2.24, 2.45) is 0 Å². The second-order valence-electron chi connectivity index (χ2n) is 11.9. The minimum absolute atomic E-state index is 0.0619. The summed E-state index contributed by atoms with van der Waals surface area (Å²) in [4.78, 5) is 19.2. The smallest absolute Gasteiger partial charge is 0.261 e. The Balaban J connectivity index is 0.000000196. The van der Waals surface area contributed by atoms with Gasteiger partial charge in [-0.05, 0) is 154 Å². The maximum Gasteiger partial charge on any atom is 0.261 e. The average Bonchev–Trinajstić information content (AvgIpc) is 3.46. The molecule has 268 valence electrons. The lowest BCUT2D eigenvalue weighted by Crippen LogP contribution is -2.02. The summed E-state index contributed by atoms with van der Waals surface area (Å²) in [5, 5.41) is 4.59. The van der Waals surface area contributed by atoms with E-state index in [0.717, 1.165) is 25.8 Å². The molecule has 0 bridgehead atoms. The number of anilines is 2. The van der Waals surface area contributed by atoms with Gasteiger partial charge in [-0.15, -0.1) is 0 Å². The van der Waals surface area contributed by atoms with Crippen molar-refractivity contribution in [3.8, 4) is 11.5 Å². The molecule has 0 radical (unpaired) electrons. The van der Waals surface area contributed by atoms with Crippen LogP contribution in [0.1, 0.15) is 56.5 Å². The van der Waals surface area contributed by atoms with Gasteiger partial charge in [-0.3, -0.25) is 4.79 Å². The van der Waals surface area contributed by atoms with Gasteiger partial charge in [0.1, 0.15) is 33.9 Å². The third-order valence-corrected chi connectivity index (χ3v) is 8.51. The average molecular weight is 834 g/mol. The molecule has 6 rings (SSSR count). The molecule has 0 unspecified atom stereocenters. The molecule has 0 fully saturated rings. The van der Waals surface area contributed by atoms with Crippen LogP contribution in [0.4, 0.5) is 28.9 Å². The molecule has 13 heteroatoms. The molecule has 0 atom stereocenters. The highest BCUT2D eigenvalue weighted by atomic mass is 127. The van der Waals surface area contributed by atoms with Crippen LogP contribution in [-0.2, 0) is 0 Å². The summed E-state index contributed by atoms with van der Waals surface area (Å²) in [6.45, 7) is 13.9. The van der Waals surface area contributed by atoms with Crippen LogP contribution in [0.15, 0.2) is 59.1 Å². The molecule has 4 aromatic carbocycles. The first-order valence-electron chi connectivity index (χ1n) is 15.4. The fourth-order valence-corrected chi connectivity index (χ4v) is 5.73. The van der Waals surface area contributed by atoms with Crippen molar-refractivity contribution in [1.29, 1.82) is 0 Å². The number of aryl methyl sites for hydroxylation is 7. The Bertz CT molecular complexity index is 2200. The van der Waals surface area contributed by atoms with E-state index in [1.54, 1.807) is 32.9 Å². The van der Waals surface area contributed by atoms with Crippen LogP contribution in [-0.4, -0.2) is 20.9 Å². The van der Waals surface area contributed by atoms with E-state index in [-0.39, 0.29) is 45.0 Å². The normalized spacial score (nSPS) is 10.4. The Labute approximate surface area is 312 Å². The number of benzene rings is 4. The molecule has 4 N–H and O–H groups in total. The summed E-state index contributed by atoms with van der Waals surface area (Å²) in [5.74, 6) is -0.778. The topological polar surface area (TPSA) is 121 Å². The number of nitrogens with zero attached hydrogens (tertiary/aromatic N) is 3. The molecule has 6 aromatic rings. The molecular weight excluding hydrogens is 797 g/mol. The van der Waals surface area contributed by atoms with Gasteiger partial charge in [0.2, 0.25) is 0 Å². The molecule has 0 aliphatic heterocycles. The summed E-state index contributed by atoms with van der Waals surface area (Å²) in [5.41, 5.74) is 16.8. The van der Waals surface area contributed by atoms with Crippen LogP contribution in [0.2, 0.25) is 5.15 Å². The number of carbonyl (C=O) groups is 1. The standard InChI is InChI=1S/C14H11ClFN3O.C9H10FNO.C8H9F.C7H7FIN/c1-6-4-9-7(2)11(14-17-8(3)19-20-14)13(15)18-12(9)10(16)5-6;1-5-3-7(6(2)12)9(11)8(10)4-5;1-6-3-4-7(2)8(9)5-6;1-4-2-5(8)7(10)6(9)3-4/h4-5H,1-3H3;3-4H,11H2,1-2H3;3-5H,1-2H3;2-3H,10H2,1H3. The van der Waals surface area contributed by atoms with Crippen molar-refractivity contribution < 1.29 is 26.9 Å². The first kappa shape index (κ1) is 40.9. The van der Waals surface area contributed by atoms with E-state index >= 15 is 0 Å². The zero-order valence-corrected chi connectivity index (χ0v) is 32.2. The Morgan fingerprint density at radius 2 is 1.27 bits per heavy atom. The van der Waals surface area contributed by atoms with Crippen molar-refractivity contribution in [2.75, 3.05) is 11.5 Å². The van der Waals surface area contributed by atoms with E-state index in [1.807, 2.05) is 68.5 Å².